The first kappa shape index (κ1) is 12.8. The van der Waals surface area contributed by atoms with Gasteiger partial charge in [-0.3, -0.25) is 4.98 Å². The summed E-state index contributed by atoms with van der Waals surface area (Å²) in [6.07, 6.45) is 5.09. The molecular weight excluding hydrogens is 274 g/mol. The van der Waals surface area contributed by atoms with Gasteiger partial charge in [-0.2, -0.15) is 0 Å². The molecule has 0 aromatic carbocycles. The van der Waals surface area contributed by atoms with Gasteiger partial charge in [-0.05, 0) is 19.1 Å². The minimum Gasteiger partial charge on any atom is -0.327 e. The van der Waals surface area contributed by atoms with Gasteiger partial charge in [0.25, 0.3) is 0 Å². The first-order chi connectivity index (χ1) is 8.16. The second-order valence-electron chi connectivity index (χ2n) is 3.58. The van der Waals surface area contributed by atoms with Gasteiger partial charge in [0, 0.05) is 23.3 Å². The summed E-state index contributed by atoms with van der Waals surface area (Å²) < 4.78 is 0.783. The molecule has 6 heteroatoms. The molecule has 0 amide bonds. The zero-order chi connectivity index (χ0) is 12.3. The molecule has 3 nitrogen and oxygen atoms in total. The Bertz CT molecular complexity index is 473. The molecule has 2 atom stereocenters. The van der Waals surface area contributed by atoms with Gasteiger partial charge < -0.3 is 5.73 Å². The first-order valence-corrected chi connectivity index (χ1v) is 7.17. The number of nitrogens with zero attached hydrogens (tertiary/aromatic N) is 2. The van der Waals surface area contributed by atoms with Crippen molar-refractivity contribution in [1.82, 2.24) is 9.97 Å². The van der Waals surface area contributed by atoms with Gasteiger partial charge in [-0.1, -0.05) is 23.4 Å². The van der Waals surface area contributed by atoms with Crippen LogP contribution in [0.25, 0.3) is 0 Å². The van der Waals surface area contributed by atoms with Crippen LogP contribution in [0, 0.1) is 0 Å². The molecule has 2 aromatic heterocycles. The summed E-state index contributed by atoms with van der Waals surface area (Å²) in [6, 6.07) is 3.94. The molecule has 0 fully saturated rings. The van der Waals surface area contributed by atoms with Gasteiger partial charge in [0.05, 0.1) is 15.8 Å². The average molecular weight is 286 g/mol. The Morgan fingerprint density at radius 2 is 2.24 bits per heavy atom. The highest BCUT2D eigenvalue weighted by molar-refractivity contribution is 7.99. The number of aromatic nitrogens is 2. The fraction of sp³-hybridized carbons (Fsp3) is 0.273. The van der Waals surface area contributed by atoms with Gasteiger partial charge >= 0.3 is 0 Å². The summed E-state index contributed by atoms with van der Waals surface area (Å²) in [6.45, 7) is 1.99. The number of thiophene rings is 1. The molecule has 2 aromatic rings. The SMILES string of the molecule is CC(N)C(Sc1cnccn1)c1ccc(Cl)s1. The Morgan fingerprint density at radius 3 is 2.76 bits per heavy atom. The minimum absolute atomic E-state index is 0.0247. The van der Waals surface area contributed by atoms with E-state index in [0.29, 0.717) is 0 Å². The molecule has 0 spiro atoms. The fourth-order valence-corrected chi connectivity index (χ4v) is 3.74. The molecule has 0 aliphatic carbocycles. The van der Waals surface area contributed by atoms with Crippen LogP contribution in [-0.2, 0) is 0 Å². The molecule has 0 saturated heterocycles. The van der Waals surface area contributed by atoms with E-state index in [1.54, 1.807) is 41.7 Å². The zero-order valence-corrected chi connectivity index (χ0v) is 11.6. The molecule has 0 saturated carbocycles. The van der Waals surface area contributed by atoms with Crippen molar-refractivity contribution in [3.8, 4) is 0 Å². The Balaban J connectivity index is 2.19. The predicted octanol–water partition coefficient (Wildman–Crippen LogP) is 3.37. The van der Waals surface area contributed by atoms with Crippen LogP contribution < -0.4 is 5.73 Å². The van der Waals surface area contributed by atoms with Crippen molar-refractivity contribution in [3.05, 3.63) is 39.9 Å². The highest BCUT2D eigenvalue weighted by Crippen LogP contribution is 2.40. The summed E-state index contributed by atoms with van der Waals surface area (Å²) in [7, 11) is 0. The highest BCUT2D eigenvalue weighted by atomic mass is 35.5. The maximum Gasteiger partial charge on any atom is 0.115 e. The van der Waals surface area contributed by atoms with E-state index in [4.69, 9.17) is 17.3 Å². The minimum atomic E-state index is 0.0247. The van der Waals surface area contributed by atoms with E-state index >= 15 is 0 Å². The van der Waals surface area contributed by atoms with E-state index < -0.39 is 0 Å². The maximum atomic E-state index is 6.02. The van der Waals surface area contributed by atoms with Gasteiger partial charge in [0.2, 0.25) is 0 Å². The third-order valence-corrected chi connectivity index (χ3v) is 4.99. The second kappa shape index (κ2) is 5.82. The lowest BCUT2D eigenvalue weighted by atomic mass is 10.2. The van der Waals surface area contributed by atoms with Crippen LogP contribution in [-0.4, -0.2) is 16.0 Å². The van der Waals surface area contributed by atoms with Gasteiger partial charge in [0.1, 0.15) is 5.03 Å². The van der Waals surface area contributed by atoms with Crippen LogP contribution >= 0.6 is 34.7 Å². The van der Waals surface area contributed by atoms with E-state index in [1.807, 2.05) is 19.1 Å². The molecule has 90 valence electrons. The lowest BCUT2D eigenvalue weighted by Gasteiger charge is -2.18. The highest BCUT2D eigenvalue weighted by Gasteiger charge is 2.20. The van der Waals surface area contributed by atoms with E-state index in [2.05, 4.69) is 9.97 Å². The standard InChI is InChI=1S/C11H12ClN3S2/c1-7(13)11(8-2-3-9(12)16-8)17-10-6-14-4-5-15-10/h2-7,11H,13H2,1H3. The lowest BCUT2D eigenvalue weighted by molar-refractivity contribution is 0.728. The largest absolute Gasteiger partial charge is 0.327 e. The predicted molar refractivity (Wildman–Crippen MR) is 73.6 cm³/mol. The Hall–Kier alpha value is -0.620. The number of thioether (sulfide) groups is 1. The molecular formula is C11H12ClN3S2. The average Bonchev–Trinajstić information content (AvgIpc) is 2.73. The first-order valence-electron chi connectivity index (χ1n) is 5.10. The summed E-state index contributed by atoms with van der Waals surface area (Å²) in [5.74, 6) is 0. The third-order valence-electron chi connectivity index (χ3n) is 2.14. The van der Waals surface area contributed by atoms with E-state index in [9.17, 15) is 0 Å². The topological polar surface area (TPSA) is 51.8 Å². The number of nitrogens with two attached hydrogens (primary N) is 1. The summed E-state index contributed by atoms with van der Waals surface area (Å²) >= 11 is 9.13. The van der Waals surface area contributed by atoms with Crippen molar-refractivity contribution < 1.29 is 0 Å². The van der Waals surface area contributed by atoms with Crippen LogP contribution in [0.5, 0.6) is 0 Å². The van der Waals surface area contributed by atoms with Gasteiger partial charge in [-0.15, -0.1) is 11.3 Å². The summed E-state index contributed by atoms with van der Waals surface area (Å²) in [5, 5.41) is 1.03. The molecule has 0 radical (unpaired) electrons. The number of rotatable bonds is 4. The van der Waals surface area contributed by atoms with E-state index in [1.165, 1.54) is 4.88 Å². The molecule has 0 aliphatic rings. The third kappa shape index (κ3) is 3.42. The maximum absolute atomic E-state index is 6.02. The van der Waals surface area contributed by atoms with Crippen molar-refractivity contribution in [3.63, 3.8) is 0 Å². The molecule has 2 rings (SSSR count). The Kier molecular flexibility index (Phi) is 4.39. The van der Waals surface area contributed by atoms with E-state index in [0.717, 1.165) is 9.36 Å². The number of hydrogen-bond acceptors (Lipinski definition) is 5. The normalized spacial score (nSPS) is 14.5. The molecule has 2 N–H and O–H groups in total. The number of halogens is 1. The van der Waals surface area contributed by atoms with Gasteiger partial charge in [-0.25, -0.2) is 4.98 Å². The van der Waals surface area contributed by atoms with Crippen molar-refractivity contribution >= 4 is 34.7 Å². The quantitative estimate of drug-likeness (QED) is 0.875. The van der Waals surface area contributed by atoms with E-state index in [-0.39, 0.29) is 11.3 Å². The van der Waals surface area contributed by atoms with Crippen LogP contribution in [0.3, 0.4) is 0 Å². The van der Waals surface area contributed by atoms with Crippen LogP contribution in [0.1, 0.15) is 17.1 Å². The molecule has 0 bridgehead atoms. The summed E-state index contributed by atoms with van der Waals surface area (Å²) in [4.78, 5) is 9.47. The molecule has 0 aliphatic heterocycles. The Morgan fingerprint density at radius 1 is 1.41 bits per heavy atom. The van der Waals surface area contributed by atoms with Gasteiger partial charge in [0.15, 0.2) is 0 Å². The van der Waals surface area contributed by atoms with Crippen molar-refractivity contribution in [2.24, 2.45) is 5.73 Å². The van der Waals surface area contributed by atoms with Crippen molar-refractivity contribution in [2.45, 2.75) is 23.2 Å². The monoisotopic (exact) mass is 285 g/mol. The van der Waals surface area contributed by atoms with Crippen LogP contribution in [0.2, 0.25) is 4.34 Å². The summed E-state index contributed by atoms with van der Waals surface area (Å²) in [5.41, 5.74) is 6.02. The smallest absolute Gasteiger partial charge is 0.115 e. The molecule has 2 heterocycles. The zero-order valence-electron chi connectivity index (χ0n) is 9.21. The van der Waals surface area contributed by atoms with Crippen molar-refractivity contribution in [1.29, 1.82) is 0 Å². The lowest BCUT2D eigenvalue weighted by Crippen LogP contribution is -2.21. The molecule has 2 unspecified atom stereocenters. The van der Waals surface area contributed by atoms with Crippen LogP contribution in [0.15, 0.2) is 35.7 Å². The second-order valence-corrected chi connectivity index (χ2v) is 6.49. The fourth-order valence-electron chi connectivity index (χ4n) is 1.38. The van der Waals surface area contributed by atoms with Crippen LogP contribution in [0.4, 0.5) is 0 Å². The Labute approximate surface area is 113 Å². The van der Waals surface area contributed by atoms with Crippen molar-refractivity contribution in [2.75, 3.05) is 0 Å². The molecule has 17 heavy (non-hydrogen) atoms. The number of hydrogen-bond donors (Lipinski definition) is 1.